The van der Waals surface area contributed by atoms with Gasteiger partial charge in [-0.3, -0.25) is 9.78 Å². The Morgan fingerprint density at radius 3 is 3.00 bits per heavy atom. The molecule has 0 aliphatic rings. The van der Waals surface area contributed by atoms with Gasteiger partial charge in [0.05, 0.1) is 23.5 Å². The van der Waals surface area contributed by atoms with Crippen LogP contribution in [0.25, 0.3) is 5.52 Å². The number of rotatable bonds is 6. The lowest BCUT2D eigenvalue weighted by atomic mass is 10.2. The third-order valence-corrected chi connectivity index (χ3v) is 3.43. The molecule has 0 radical (unpaired) electrons. The van der Waals surface area contributed by atoms with Gasteiger partial charge in [-0.05, 0) is 18.4 Å². The van der Waals surface area contributed by atoms with Gasteiger partial charge in [0.1, 0.15) is 6.04 Å². The maximum absolute atomic E-state index is 12.1. The fraction of sp³-hybridized carbons (Fsp3) is 0.333. The minimum Gasteiger partial charge on any atom is -0.480 e. The van der Waals surface area contributed by atoms with Gasteiger partial charge in [0, 0.05) is 12.4 Å². The topological polar surface area (TPSA) is 96.6 Å². The zero-order chi connectivity index (χ0) is 14.5. The van der Waals surface area contributed by atoms with Gasteiger partial charge in [-0.2, -0.15) is 16.9 Å². The molecule has 20 heavy (non-hydrogen) atoms. The Morgan fingerprint density at radius 1 is 1.50 bits per heavy atom. The molecule has 1 unspecified atom stereocenters. The monoisotopic (exact) mass is 294 g/mol. The molecule has 7 nitrogen and oxygen atoms in total. The van der Waals surface area contributed by atoms with Crippen LogP contribution >= 0.6 is 11.8 Å². The first-order valence-corrected chi connectivity index (χ1v) is 7.33. The van der Waals surface area contributed by atoms with Crippen molar-refractivity contribution in [2.45, 2.75) is 12.5 Å². The average Bonchev–Trinajstić information content (AvgIpc) is 2.87. The average molecular weight is 294 g/mol. The van der Waals surface area contributed by atoms with Gasteiger partial charge in [0.25, 0.3) is 5.91 Å². The Morgan fingerprint density at radius 2 is 2.30 bits per heavy atom. The number of carbonyl (C=O) groups excluding carboxylic acids is 1. The summed E-state index contributed by atoms with van der Waals surface area (Å²) in [6.45, 7) is 0. The molecule has 2 heterocycles. The molecule has 2 rings (SSSR count). The molecule has 8 heteroatoms. The number of thioether (sulfide) groups is 1. The smallest absolute Gasteiger partial charge is 0.326 e. The highest BCUT2D eigenvalue weighted by atomic mass is 32.2. The number of carboxylic acids is 1. The number of aromatic nitrogens is 3. The quantitative estimate of drug-likeness (QED) is 0.812. The van der Waals surface area contributed by atoms with Crippen molar-refractivity contribution in [3.05, 3.63) is 30.4 Å². The van der Waals surface area contributed by atoms with E-state index in [1.54, 1.807) is 12.4 Å². The Kier molecular flexibility index (Phi) is 4.57. The summed E-state index contributed by atoms with van der Waals surface area (Å²) < 4.78 is 1.51. The highest BCUT2D eigenvalue weighted by molar-refractivity contribution is 7.98. The Labute approximate surface area is 119 Å². The van der Waals surface area contributed by atoms with Gasteiger partial charge in [-0.15, -0.1) is 0 Å². The van der Waals surface area contributed by atoms with Crippen molar-refractivity contribution in [2.75, 3.05) is 12.0 Å². The largest absolute Gasteiger partial charge is 0.480 e. The van der Waals surface area contributed by atoms with E-state index in [0.29, 0.717) is 23.3 Å². The van der Waals surface area contributed by atoms with Gasteiger partial charge in [0.2, 0.25) is 0 Å². The summed E-state index contributed by atoms with van der Waals surface area (Å²) in [7, 11) is 0. The van der Waals surface area contributed by atoms with E-state index >= 15 is 0 Å². The van der Waals surface area contributed by atoms with Crippen LogP contribution in [0.3, 0.4) is 0 Å². The number of carbonyl (C=O) groups is 2. The minimum absolute atomic E-state index is 0.313. The van der Waals surface area contributed by atoms with Crippen LogP contribution in [-0.2, 0) is 4.79 Å². The lowest BCUT2D eigenvalue weighted by Gasteiger charge is -2.13. The first kappa shape index (κ1) is 14.3. The molecule has 2 aromatic heterocycles. The summed E-state index contributed by atoms with van der Waals surface area (Å²) >= 11 is 1.53. The number of nitrogens with zero attached hydrogens (tertiary/aromatic N) is 3. The van der Waals surface area contributed by atoms with Crippen LogP contribution in [0.2, 0.25) is 0 Å². The van der Waals surface area contributed by atoms with Crippen LogP contribution in [-0.4, -0.2) is 49.6 Å². The molecule has 0 bridgehead atoms. The molecular formula is C12H14N4O3S. The van der Waals surface area contributed by atoms with Crippen molar-refractivity contribution in [3.8, 4) is 0 Å². The fourth-order valence-electron chi connectivity index (χ4n) is 1.74. The molecule has 2 aromatic rings. The number of aliphatic carboxylic acids is 1. The first-order valence-electron chi connectivity index (χ1n) is 5.93. The van der Waals surface area contributed by atoms with E-state index < -0.39 is 17.9 Å². The van der Waals surface area contributed by atoms with Crippen LogP contribution in [0.4, 0.5) is 0 Å². The maximum atomic E-state index is 12.1. The van der Waals surface area contributed by atoms with Gasteiger partial charge in [-0.25, -0.2) is 9.31 Å². The molecular weight excluding hydrogens is 280 g/mol. The van der Waals surface area contributed by atoms with Crippen LogP contribution in [0.5, 0.6) is 0 Å². The van der Waals surface area contributed by atoms with Crippen molar-refractivity contribution >= 4 is 29.2 Å². The first-order chi connectivity index (χ1) is 9.63. The number of fused-ring (bicyclic) bond motifs is 1. The van der Waals surface area contributed by atoms with Crippen LogP contribution in [0.15, 0.2) is 24.8 Å². The van der Waals surface area contributed by atoms with Crippen molar-refractivity contribution < 1.29 is 14.7 Å². The van der Waals surface area contributed by atoms with Gasteiger partial charge in [-0.1, -0.05) is 0 Å². The second-order valence-electron chi connectivity index (χ2n) is 4.11. The number of hydrogen-bond donors (Lipinski definition) is 2. The van der Waals surface area contributed by atoms with Gasteiger partial charge >= 0.3 is 5.97 Å². The van der Waals surface area contributed by atoms with E-state index in [2.05, 4.69) is 15.4 Å². The molecule has 1 atom stereocenters. The van der Waals surface area contributed by atoms with Crippen LogP contribution in [0.1, 0.15) is 16.8 Å². The third kappa shape index (κ3) is 3.08. The second-order valence-corrected chi connectivity index (χ2v) is 5.10. The number of nitrogens with one attached hydrogen (secondary N) is 1. The standard InChI is InChI=1S/C12H14N4O3S/c1-20-5-2-9(12(18)19)15-11(17)8-6-14-16-4-3-13-7-10(8)16/h3-4,6-7,9H,2,5H2,1H3,(H,15,17)(H,18,19). The number of hydrogen-bond acceptors (Lipinski definition) is 5. The van der Waals surface area contributed by atoms with E-state index in [1.807, 2.05) is 6.26 Å². The highest BCUT2D eigenvalue weighted by Gasteiger charge is 2.22. The van der Waals surface area contributed by atoms with Crippen molar-refractivity contribution in [2.24, 2.45) is 0 Å². The third-order valence-electron chi connectivity index (χ3n) is 2.78. The van der Waals surface area contributed by atoms with Crippen molar-refractivity contribution in [1.29, 1.82) is 0 Å². The van der Waals surface area contributed by atoms with Crippen LogP contribution in [0, 0.1) is 0 Å². The van der Waals surface area contributed by atoms with E-state index in [0.717, 1.165) is 0 Å². The fourth-order valence-corrected chi connectivity index (χ4v) is 2.21. The molecule has 0 saturated heterocycles. The second kappa shape index (κ2) is 6.38. The Bertz CT molecular complexity index is 628. The summed E-state index contributed by atoms with van der Waals surface area (Å²) in [5.41, 5.74) is 0.854. The summed E-state index contributed by atoms with van der Waals surface area (Å²) in [4.78, 5) is 27.2. The highest BCUT2D eigenvalue weighted by Crippen LogP contribution is 2.09. The van der Waals surface area contributed by atoms with E-state index in [1.165, 1.54) is 28.7 Å². The molecule has 0 aliphatic heterocycles. The zero-order valence-corrected chi connectivity index (χ0v) is 11.6. The Hall–Kier alpha value is -2.09. The summed E-state index contributed by atoms with van der Waals surface area (Å²) in [6, 6.07) is -0.901. The lowest BCUT2D eigenvalue weighted by molar-refractivity contribution is -0.139. The van der Waals surface area contributed by atoms with E-state index in [9.17, 15) is 9.59 Å². The van der Waals surface area contributed by atoms with Crippen LogP contribution < -0.4 is 5.32 Å². The molecule has 0 fully saturated rings. The summed E-state index contributed by atoms with van der Waals surface area (Å²) in [6.07, 6.45) is 8.35. The van der Waals surface area contributed by atoms with E-state index in [-0.39, 0.29) is 0 Å². The number of amides is 1. The SMILES string of the molecule is CSCCC(NC(=O)c1cnn2ccncc12)C(=O)O. The number of carboxylic acid groups (broad SMARTS) is 1. The predicted octanol–water partition coefficient (Wildman–Crippen LogP) is 0.665. The molecule has 0 aliphatic carbocycles. The molecule has 0 aromatic carbocycles. The molecule has 0 saturated carbocycles. The molecule has 1 amide bonds. The van der Waals surface area contributed by atoms with Crippen molar-refractivity contribution in [1.82, 2.24) is 19.9 Å². The lowest BCUT2D eigenvalue weighted by Crippen LogP contribution is -2.41. The zero-order valence-electron chi connectivity index (χ0n) is 10.8. The Balaban J connectivity index is 2.16. The summed E-state index contributed by atoms with van der Waals surface area (Å²) in [5, 5.41) is 15.6. The van der Waals surface area contributed by atoms with E-state index in [4.69, 9.17) is 5.11 Å². The minimum atomic E-state index is -1.04. The normalized spacial score (nSPS) is 12.2. The maximum Gasteiger partial charge on any atom is 0.326 e. The molecule has 2 N–H and O–H groups in total. The van der Waals surface area contributed by atoms with Crippen molar-refractivity contribution in [3.63, 3.8) is 0 Å². The predicted molar refractivity (Wildman–Crippen MR) is 74.9 cm³/mol. The van der Waals surface area contributed by atoms with Gasteiger partial charge < -0.3 is 10.4 Å². The molecule has 0 spiro atoms. The summed E-state index contributed by atoms with van der Waals surface area (Å²) in [5.74, 6) is -0.836. The van der Waals surface area contributed by atoms with Gasteiger partial charge in [0.15, 0.2) is 0 Å². The molecule has 106 valence electrons.